The second kappa shape index (κ2) is 17.9. The minimum absolute atomic E-state index is 0. The van der Waals surface area contributed by atoms with E-state index in [2.05, 4.69) is 109 Å². The molecular formula is C45H60IrNO2SSi-. The van der Waals surface area contributed by atoms with Crippen LogP contribution >= 0.6 is 11.3 Å². The molecule has 3 nitrogen and oxygen atoms in total. The fourth-order valence-corrected chi connectivity index (χ4v) is 9.34. The molecule has 2 aromatic heterocycles. The molecule has 5 aromatic rings. The minimum Gasteiger partial charge on any atom is -0.512 e. The number of allylic oxidation sites excluding steroid dienone is 2. The van der Waals surface area contributed by atoms with Crippen LogP contribution in [0.5, 0.6) is 0 Å². The third-order valence-corrected chi connectivity index (χ3v) is 13.3. The van der Waals surface area contributed by atoms with E-state index < -0.39 is 8.07 Å². The van der Waals surface area contributed by atoms with Crippen molar-refractivity contribution in [3.05, 3.63) is 83.8 Å². The Kier molecular flexibility index (Phi) is 15.0. The predicted octanol–water partition coefficient (Wildman–Crippen LogP) is 13.0. The Morgan fingerprint density at radius 2 is 1.51 bits per heavy atom. The first kappa shape index (κ1) is 42.8. The quantitative estimate of drug-likeness (QED) is 0.0622. The summed E-state index contributed by atoms with van der Waals surface area (Å²) in [5, 5.41) is 16.4. The molecule has 6 heteroatoms. The number of carbonyl (C=O) groups excluding carboxylic acids is 1. The predicted molar refractivity (Wildman–Crippen MR) is 223 cm³/mol. The van der Waals surface area contributed by atoms with Crippen molar-refractivity contribution < 1.29 is 30.0 Å². The van der Waals surface area contributed by atoms with E-state index in [1.54, 1.807) is 0 Å². The van der Waals surface area contributed by atoms with Crippen LogP contribution in [0, 0.1) is 23.8 Å². The van der Waals surface area contributed by atoms with Crippen LogP contribution in [0.3, 0.4) is 0 Å². The van der Waals surface area contributed by atoms with Gasteiger partial charge in [-0.25, -0.2) is 0 Å². The summed E-state index contributed by atoms with van der Waals surface area (Å²) < 4.78 is 2.68. The molecule has 3 aromatic carbocycles. The Morgan fingerprint density at radius 1 is 0.882 bits per heavy atom. The Balaban J connectivity index is 0.000000374. The molecule has 1 radical (unpaired) electrons. The zero-order valence-corrected chi connectivity index (χ0v) is 37.3. The smallest absolute Gasteiger partial charge is 0.162 e. The molecule has 0 bridgehead atoms. The molecule has 0 aliphatic heterocycles. The molecule has 0 aliphatic carbocycles. The van der Waals surface area contributed by atoms with Gasteiger partial charge in [-0.3, -0.25) is 9.78 Å². The van der Waals surface area contributed by atoms with Crippen molar-refractivity contribution in [1.82, 2.24) is 4.98 Å². The summed E-state index contributed by atoms with van der Waals surface area (Å²) >= 11 is 1.90. The number of hydrogen-bond donors (Lipinski definition) is 1. The van der Waals surface area contributed by atoms with Gasteiger partial charge < -0.3 is 5.11 Å². The zero-order valence-electron chi connectivity index (χ0n) is 33.1. The van der Waals surface area contributed by atoms with Crippen molar-refractivity contribution in [1.29, 1.82) is 0 Å². The van der Waals surface area contributed by atoms with E-state index in [1.165, 1.54) is 53.3 Å². The fraction of sp³-hybridized carbons (Fsp3) is 0.467. The van der Waals surface area contributed by atoms with Crippen molar-refractivity contribution in [3.8, 4) is 11.3 Å². The van der Waals surface area contributed by atoms with Gasteiger partial charge in [0.15, 0.2) is 5.78 Å². The van der Waals surface area contributed by atoms with Crippen molar-refractivity contribution in [2.75, 3.05) is 0 Å². The molecule has 51 heavy (non-hydrogen) atoms. The van der Waals surface area contributed by atoms with Gasteiger partial charge in [-0.05, 0) is 60.5 Å². The van der Waals surface area contributed by atoms with Crippen LogP contribution in [0.4, 0.5) is 0 Å². The monoisotopic (exact) mass is 899 g/mol. The number of benzene rings is 3. The molecule has 277 valence electrons. The van der Waals surface area contributed by atoms with Crippen LogP contribution in [0.1, 0.15) is 99.1 Å². The minimum atomic E-state index is -1.43. The van der Waals surface area contributed by atoms with Gasteiger partial charge in [0.25, 0.3) is 0 Å². The summed E-state index contributed by atoms with van der Waals surface area (Å²) in [5.41, 5.74) is 5.01. The molecule has 0 fully saturated rings. The van der Waals surface area contributed by atoms with Gasteiger partial charge in [-0.15, -0.1) is 40.5 Å². The molecule has 2 heterocycles. The topological polar surface area (TPSA) is 50.2 Å². The molecular weight excluding hydrogens is 839 g/mol. The van der Waals surface area contributed by atoms with Gasteiger partial charge in [0.2, 0.25) is 0 Å². The van der Waals surface area contributed by atoms with Crippen molar-refractivity contribution in [3.63, 3.8) is 0 Å². The number of aliphatic hydroxyl groups excluding tert-OH is 1. The number of nitrogens with zero attached hydrogens (tertiary/aromatic N) is 1. The first-order valence-electron chi connectivity index (χ1n) is 18.8. The Bertz CT molecular complexity index is 1970. The fourth-order valence-electron chi connectivity index (χ4n) is 6.86. The van der Waals surface area contributed by atoms with Gasteiger partial charge in [-0.1, -0.05) is 128 Å². The molecule has 0 saturated carbocycles. The molecule has 0 spiro atoms. The summed E-state index contributed by atoms with van der Waals surface area (Å²) in [5.74, 6) is 1.18. The molecule has 0 unspecified atom stereocenters. The van der Waals surface area contributed by atoms with E-state index in [9.17, 15) is 9.90 Å². The van der Waals surface area contributed by atoms with E-state index in [4.69, 9.17) is 4.98 Å². The Morgan fingerprint density at radius 3 is 2.08 bits per heavy atom. The van der Waals surface area contributed by atoms with E-state index in [-0.39, 0.29) is 48.9 Å². The maximum Gasteiger partial charge on any atom is 0.162 e. The largest absolute Gasteiger partial charge is 0.512 e. The molecule has 0 atom stereocenters. The molecule has 0 saturated heterocycles. The van der Waals surface area contributed by atoms with E-state index in [0.29, 0.717) is 5.92 Å². The third-order valence-electron chi connectivity index (χ3n) is 10.0. The number of ketones is 1. The number of thiophene rings is 1. The standard InChI is InChI=1S/C32H36NSSi.C13H24O2.Ir/c1-20(2)16-21-10-9-11-26-27-14-15-33-29(31(27)34-30(21)26)23-17-22-18-24(35(6,7)8)12-13-25(22)28(19-23)32(3,4)5;1-5-10(6-2)12(14)9-13(15)11(7-3)8-4;/h9-15,18-20H,16H2,1-8H3;9-11,14H,5-8H2,1-4H3;/q-1;;/b;12-9-;. The van der Waals surface area contributed by atoms with Crippen LogP contribution in [-0.2, 0) is 36.7 Å². The van der Waals surface area contributed by atoms with Crippen molar-refractivity contribution in [2.45, 2.75) is 119 Å². The maximum atomic E-state index is 11.7. The van der Waals surface area contributed by atoms with Gasteiger partial charge in [0.05, 0.1) is 13.8 Å². The number of pyridine rings is 1. The normalized spacial score (nSPS) is 12.6. The van der Waals surface area contributed by atoms with Gasteiger partial charge in [0, 0.05) is 64.7 Å². The number of carbonyl (C=O) groups is 1. The van der Waals surface area contributed by atoms with E-state index in [1.807, 2.05) is 45.2 Å². The third kappa shape index (κ3) is 10.1. The van der Waals surface area contributed by atoms with Crippen molar-refractivity contribution in [2.24, 2.45) is 17.8 Å². The summed E-state index contributed by atoms with van der Waals surface area (Å²) in [7, 11) is -1.43. The molecule has 1 N–H and O–H groups in total. The van der Waals surface area contributed by atoms with Crippen LogP contribution in [-0.4, -0.2) is 23.9 Å². The number of hydrogen-bond acceptors (Lipinski definition) is 4. The van der Waals surface area contributed by atoms with Crippen molar-refractivity contribution >= 4 is 61.3 Å². The second-order valence-corrected chi connectivity index (χ2v) is 22.5. The maximum absolute atomic E-state index is 11.7. The zero-order chi connectivity index (χ0) is 37.0. The first-order valence-corrected chi connectivity index (χ1v) is 23.1. The van der Waals surface area contributed by atoms with E-state index >= 15 is 0 Å². The molecule has 0 amide bonds. The van der Waals surface area contributed by atoms with Crippen LogP contribution < -0.4 is 5.19 Å². The van der Waals surface area contributed by atoms with Crippen LogP contribution in [0.2, 0.25) is 19.6 Å². The summed E-state index contributed by atoms with van der Waals surface area (Å²) in [6.45, 7) is 26.8. The average Bonchev–Trinajstić information content (AvgIpc) is 3.44. The molecule has 0 aliphatic rings. The first-order chi connectivity index (χ1) is 23.5. The van der Waals surface area contributed by atoms with Crippen LogP contribution in [0.15, 0.2) is 66.6 Å². The van der Waals surface area contributed by atoms with Gasteiger partial charge in [0.1, 0.15) is 0 Å². The number of aromatic nitrogens is 1. The van der Waals surface area contributed by atoms with E-state index in [0.717, 1.165) is 43.4 Å². The second-order valence-electron chi connectivity index (χ2n) is 16.4. The van der Waals surface area contributed by atoms with Gasteiger partial charge >= 0.3 is 0 Å². The summed E-state index contributed by atoms with van der Waals surface area (Å²) in [4.78, 5) is 16.7. The number of aliphatic hydroxyl groups is 1. The SMILES string of the molecule is CC(C)Cc1cccc2c1sc1c(-c3[c-]c4cc([Si](C)(C)C)ccc4c(C(C)(C)C)c3)nccc12.CCC(CC)C(=O)/C=C(\O)C(CC)CC.[Ir]. The summed E-state index contributed by atoms with van der Waals surface area (Å²) in [6.07, 6.45) is 7.98. The van der Waals surface area contributed by atoms with Crippen LogP contribution in [0.25, 0.3) is 42.2 Å². The average molecular weight is 899 g/mol. The summed E-state index contributed by atoms with van der Waals surface area (Å²) in [6, 6.07) is 22.2. The number of fused-ring (bicyclic) bond motifs is 4. The Hall–Kier alpha value is -2.63. The van der Waals surface area contributed by atoms with Gasteiger partial charge in [-0.2, -0.15) is 0 Å². The number of rotatable bonds is 11. The molecule has 5 rings (SSSR count). The Labute approximate surface area is 326 Å².